The first-order valence-corrected chi connectivity index (χ1v) is 5.74. The van der Waals surface area contributed by atoms with Crippen LogP contribution >= 0.6 is 0 Å². The summed E-state index contributed by atoms with van der Waals surface area (Å²) >= 11 is 0. The van der Waals surface area contributed by atoms with Gasteiger partial charge in [0.2, 0.25) is 5.88 Å². The summed E-state index contributed by atoms with van der Waals surface area (Å²) in [6.45, 7) is 8.00. The van der Waals surface area contributed by atoms with Crippen molar-refractivity contribution in [2.24, 2.45) is 0 Å². The van der Waals surface area contributed by atoms with Crippen molar-refractivity contribution in [1.29, 1.82) is 0 Å². The molecule has 4 nitrogen and oxygen atoms in total. The molecule has 1 atom stereocenters. The average molecular weight is 224 g/mol. The lowest BCUT2D eigenvalue weighted by atomic mass is 9.89. The van der Waals surface area contributed by atoms with Gasteiger partial charge >= 0.3 is 0 Å². The van der Waals surface area contributed by atoms with Gasteiger partial charge < -0.3 is 9.47 Å². The van der Waals surface area contributed by atoms with Gasteiger partial charge in [-0.1, -0.05) is 20.8 Å². The minimum atomic E-state index is 0.0699. The number of aromatic nitrogens is 2. The number of rotatable bonds is 1. The van der Waals surface area contributed by atoms with Crippen LogP contribution in [0.15, 0.2) is 6.20 Å². The van der Waals surface area contributed by atoms with Crippen LogP contribution in [0.4, 0.5) is 0 Å². The Labute approximate surface area is 96.5 Å². The van der Waals surface area contributed by atoms with Crippen molar-refractivity contribution in [1.82, 2.24) is 9.78 Å². The van der Waals surface area contributed by atoms with E-state index in [1.54, 1.807) is 7.11 Å². The molecule has 1 unspecified atom stereocenters. The Kier molecular flexibility index (Phi) is 2.93. The first-order chi connectivity index (χ1) is 7.52. The van der Waals surface area contributed by atoms with Crippen molar-refractivity contribution in [3.05, 3.63) is 11.8 Å². The van der Waals surface area contributed by atoms with Crippen molar-refractivity contribution in [2.75, 3.05) is 13.7 Å². The van der Waals surface area contributed by atoms with Crippen LogP contribution in [0, 0.1) is 0 Å². The molecule has 0 N–H and O–H groups in total. The first kappa shape index (κ1) is 11.5. The molecule has 1 aromatic heterocycles. The van der Waals surface area contributed by atoms with Gasteiger partial charge in [0.25, 0.3) is 0 Å². The van der Waals surface area contributed by atoms with Gasteiger partial charge in [-0.05, 0) is 11.8 Å². The first-order valence-electron chi connectivity index (χ1n) is 5.74. The summed E-state index contributed by atoms with van der Waals surface area (Å²) in [4.78, 5) is 0. The van der Waals surface area contributed by atoms with Crippen LogP contribution in [0.3, 0.4) is 0 Å². The summed E-state index contributed by atoms with van der Waals surface area (Å²) in [5.41, 5.74) is 1.24. The van der Waals surface area contributed by atoms with E-state index in [0.29, 0.717) is 6.61 Å². The van der Waals surface area contributed by atoms with E-state index in [2.05, 4.69) is 25.9 Å². The number of methoxy groups -OCH3 is 1. The maximum absolute atomic E-state index is 5.83. The zero-order valence-electron chi connectivity index (χ0n) is 10.5. The van der Waals surface area contributed by atoms with Gasteiger partial charge in [0.05, 0.1) is 12.3 Å². The normalized spacial score (nSPS) is 21.1. The fourth-order valence-corrected chi connectivity index (χ4v) is 1.91. The lowest BCUT2D eigenvalue weighted by Gasteiger charge is -2.19. The molecule has 0 aliphatic carbocycles. The van der Waals surface area contributed by atoms with Crippen LogP contribution in [0.2, 0.25) is 0 Å². The fraction of sp³-hybridized carbons (Fsp3) is 0.750. The van der Waals surface area contributed by atoms with Crippen LogP contribution in [0.5, 0.6) is 5.88 Å². The topological polar surface area (TPSA) is 36.3 Å². The Morgan fingerprint density at radius 3 is 2.88 bits per heavy atom. The van der Waals surface area contributed by atoms with Crippen molar-refractivity contribution in [2.45, 2.75) is 45.3 Å². The molecule has 0 fully saturated rings. The van der Waals surface area contributed by atoms with Gasteiger partial charge in [-0.15, -0.1) is 0 Å². The quantitative estimate of drug-likeness (QED) is 0.732. The monoisotopic (exact) mass is 224 g/mol. The predicted molar refractivity (Wildman–Crippen MR) is 61.8 cm³/mol. The molecule has 0 saturated heterocycles. The summed E-state index contributed by atoms with van der Waals surface area (Å²) < 4.78 is 13.1. The highest BCUT2D eigenvalue weighted by Crippen LogP contribution is 2.32. The number of fused-ring (bicyclic) bond motifs is 1. The molecular formula is C12H20N2O2. The maximum Gasteiger partial charge on any atom is 0.215 e. The van der Waals surface area contributed by atoms with Gasteiger partial charge in [0.1, 0.15) is 6.61 Å². The van der Waals surface area contributed by atoms with Crippen LogP contribution in [-0.2, 0) is 16.7 Å². The molecular weight excluding hydrogens is 204 g/mol. The van der Waals surface area contributed by atoms with Crippen LogP contribution < -0.4 is 4.74 Å². The molecule has 0 aromatic carbocycles. The van der Waals surface area contributed by atoms with Crippen molar-refractivity contribution >= 4 is 0 Å². The summed E-state index contributed by atoms with van der Waals surface area (Å²) in [6.07, 6.45) is 3.05. The van der Waals surface area contributed by atoms with E-state index in [9.17, 15) is 0 Å². The summed E-state index contributed by atoms with van der Waals surface area (Å²) in [6, 6.07) is 0. The molecule has 0 saturated carbocycles. The third-order valence-corrected chi connectivity index (χ3v) is 3.00. The highest BCUT2D eigenvalue weighted by atomic mass is 16.5. The Balaban J connectivity index is 2.27. The van der Waals surface area contributed by atoms with Crippen molar-refractivity contribution in [3.63, 3.8) is 0 Å². The van der Waals surface area contributed by atoms with E-state index >= 15 is 0 Å². The van der Waals surface area contributed by atoms with Crippen molar-refractivity contribution in [3.8, 4) is 5.88 Å². The van der Waals surface area contributed by atoms with Crippen LogP contribution in [-0.4, -0.2) is 29.6 Å². The van der Waals surface area contributed by atoms with Crippen LogP contribution in [0.1, 0.15) is 32.8 Å². The predicted octanol–water partition coefficient (Wildman–Crippen LogP) is 1.98. The molecule has 16 heavy (non-hydrogen) atoms. The SMILES string of the molecule is COC1CCn2ncc(C(C)(C)C)c2OC1. The van der Waals surface area contributed by atoms with E-state index in [-0.39, 0.29) is 11.5 Å². The second-order valence-corrected chi connectivity index (χ2v) is 5.29. The molecule has 0 amide bonds. The zero-order valence-corrected chi connectivity index (χ0v) is 10.5. The number of hydrogen-bond donors (Lipinski definition) is 0. The highest BCUT2D eigenvalue weighted by molar-refractivity contribution is 5.31. The molecule has 0 radical (unpaired) electrons. The van der Waals surface area contributed by atoms with E-state index < -0.39 is 0 Å². The van der Waals surface area contributed by atoms with E-state index in [0.717, 1.165) is 18.8 Å². The largest absolute Gasteiger partial charge is 0.475 e. The minimum absolute atomic E-state index is 0.0699. The zero-order chi connectivity index (χ0) is 11.8. The molecule has 4 heteroatoms. The molecule has 2 heterocycles. The number of aryl methyl sites for hydroxylation is 1. The van der Waals surface area contributed by atoms with E-state index in [1.807, 2.05) is 10.9 Å². The Morgan fingerprint density at radius 2 is 2.25 bits per heavy atom. The average Bonchev–Trinajstić information content (AvgIpc) is 2.52. The van der Waals surface area contributed by atoms with Crippen molar-refractivity contribution < 1.29 is 9.47 Å². The standard InChI is InChI=1S/C12H20N2O2/c1-12(2,3)10-7-13-14-6-5-9(15-4)8-16-11(10)14/h7,9H,5-6,8H2,1-4H3. The Hall–Kier alpha value is -1.03. The summed E-state index contributed by atoms with van der Waals surface area (Å²) in [5, 5.41) is 4.39. The highest BCUT2D eigenvalue weighted by Gasteiger charge is 2.26. The molecule has 90 valence electrons. The summed E-state index contributed by atoms with van der Waals surface area (Å²) in [7, 11) is 1.73. The fourth-order valence-electron chi connectivity index (χ4n) is 1.91. The van der Waals surface area contributed by atoms with Gasteiger partial charge in [-0.25, -0.2) is 4.68 Å². The van der Waals surface area contributed by atoms with Gasteiger partial charge in [0, 0.05) is 19.2 Å². The smallest absolute Gasteiger partial charge is 0.215 e. The molecule has 2 rings (SSSR count). The Bertz CT molecular complexity index is 366. The van der Waals surface area contributed by atoms with Crippen LogP contribution in [0.25, 0.3) is 0 Å². The van der Waals surface area contributed by atoms with Gasteiger partial charge in [-0.3, -0.25) is 0 Å². The molecule has 0 spiro atoms. The van der Waals surface area contributed by atoms with E-state index in [1.165, 1.54) is 5.56 Å². The number of nitrogens with zero attached hydrogens (tertiary/aromatic N) is 2. The number of hydrogen-bond acceptors (Lipinski definition) is 3. The second kappa shape index (κ2) is 4.09. The third-order valence-electron chi connectivity index (χ3n) is 3.00. The molecule has 0 bridgehead atoms. The maximum atomic E-state index is 5.83. The molecule has 1 aliphatic heterocycles. The van der Waals surface area contributed by atoms with Gasteiger partial charge in [0.15, 0.2) is 0 Å². The van der Waals surface area contributed by atoms with E-state index in [4.69, 9.17) is 9.47 Å². The summed E-state index contributed by atoms with van der Waals surface area (Å²) in [5.74, 6) is 0.909. The number of ether oxygens (including phenoxy) is 2. The second-order valence-electron chi connectivity index (χ2n) is 5.29. The lowest BCUT2D eigenvalue weighted by molar-refractivity contribution is 0.0571. The lowest BCUT2D eigenvalue weighted by Crippen LogP contribution is -2.19. The molecule has 1 aromatic rings. The minimum Gasteiger partial charge on any atom is -0.475 e. The Morgan fingerprint density at radius 1 is 1.50 bits per heavy atom. The van der Waals surface area contributed by atoms with Gasteiger partial charge in [-0.2, -0.15) is 5.10 Å². The molecule has 1 aliphatic rings. The third kappa shape index (κ3) is 2.07.